The van der Waals surface area contributed by atoms with E-state index in [0.717, 1.165) is 6.42 Å². The number of nitrogens with zero attached hydrogens (tertiary/aromatic N) is 1. The zero-order valence-electron chi connectivity index (χ0n) is 12.4. The van der Waals surface area contributed by atoms with E-state index in [0.29, 0.717) is 18.6 Å². The molecule has 0 radical (unpaired) electrons. The first-order valence-corrected chi connectivity index (χ1v) is 7.07. The fraction of sp³-hybridized carbons (Fsp3) is 0.467. The van der Waals surface area contributed by atoms with E-state index in [1.165, 1.54) is 12.1 Å². The van der Waals surface area contributed by atoms with Gasteiger partial charge in [0.25, 0.3) is 5.69 Å². The maximum absolute atomic E-state index is 11.4. The highest BCUT2D eigenvalue weighted by Crippen LogP contribution is 2.13. The van der Waals surface area contributed by atoms with Gasteiger partial charge >= 0.3 is 11.9 Å². The van der Waals surface area contributed by atoms with Crippen LogP contribution in [0.3, 0.4) is 0 Å². The normalized spacial score (nSPS) is 10.0. The lowest BCUT2D eigenvalue weighted by Gasteiger charge is -2.05. The lowest BCUT2D eigenvalue weighted by atomic mass is 10.1. The number of carbonyl (C=O) groups is 2. The van der Waals surface area contributed by atoms with Gasteiger partial charge in [-0.15, -0.1) is 0 Å². The minimum Gasteiger partial charge on any atom is -0.466 e. The molecule has 0 aromatic heterocycles. The number of nitro benzene ring substituents is 1. The third-order valence-corrected chi connectivity index (χ3v) is 2.78. The molecule has 0 bridgehead atoms. The summed E-state index contributed by atoms with van der Waals surface area (Å²) in [5.74, 6) is -0.906. The topological polar surface area (TPSA) is 95.7 Å². The van der Waals surface area contributed by atoms with Gasteiger partial charge in [-0.05, 0) is 12.0 Å². The van der Waals surface area contributed by atoms with Crippen molar-refractivity contribution in [3.63, 3.8) is 0 Å². The monoisotopic (exact) mass is 309 g/mol. The van der Waals surface area contributed by atoms with Gasteiger partial charge in [-0.2, -0.15) is 0 Å². The van der Waals surface area contributed by atoms with Gasteiger partial charge in [0.05, 0.1) is 31.0 Å². The molecule has 0 fully saturated rings. The van der Waals surface area contributed by atoms with Crippen LogP contribution in [-0.2, 0) is 25.5 Å². The average Bonchev–Trinajstić information content (AvgIpc) is 2.51. The molecular formula is C15H19NO6. The molecule has 0 N–H and O–H groups in total. The first kappa shape index (κ1) is 17.6. The molecule has 1 rings (SSSR count). The maximum atomic E-state index is 11.4. The van der Waals surface area contributed by atoms with Crippen molar-refractivity contribution < 1.29 is 24.0 Å². The summed E-state index contributed by atoms with van der Waals surface area (Å²) in [5, 5.41) is 10.6. The number of carbonyl (C=O) groups excluding carboxylic acids is 2. The van der Waals surface area contributed by atoms with Crippen LogP contribution in [0, 0.1) is 10.1 Å². The van der Waals surface area contributed by atoms with E-state index in [2.05, 4.69) is 0 Å². The van der Waals surface area contributed by atoms with Crippen LogP contribution in [0.1, 0.15) is 31.7 Å². The summed E-state index contributed by atoms with van der Waals surface area (Å²) < 4.78 is 9.83. The molecule has 0 atom stereocenters. The van der Waals surface area contributed by atoms with Crippen LogP contribution in [0.15, 0.2) is 24.3 Å². The van der Waals surface area contributed by atoms with Crippen molar-refractivity contribution in [2.24, 2.45) is 0 Å². The highest BCUT2D eigenvalue weighted by Gasteiger charge is 2.10. The number of hydrogen-bond donors (Lipinski definition) is 0. The summed E-state index contributed by atoms with van der Waals surface area (Å²) in [5.41, 5.74) is 0.715. The summed E-state index contributed by atoms with van der Waals surface area (Å²) in [6, 6.07) is 6.15. The van der Waals surface area contributed by atoms with Crippen LogP contribution in [0.2, 0.25) is 0 Å². The molecule has 22 heavy (non-hydrogen) atoms. The van der Waals surface area contributed by atoms with Gasteiger partial charge in [-0.1, -0.05) is 19.1 Å². The summed E-state index contributed by atoms with van der Waals surface area (Å²) in [6.45, 7) is 2.35. The number of hydrogen-bond acceptors (Lipinski definition) is 6. The SMILES string of the molecule is CCCOC(=O)CCC(=O)OCCc1cccc([N+](=O)[O-])c1. The zero-order chi connectivity index (χ0) is 16.4. The molecule has 7 heteroatoms. The largest absolute Gasteiger partial charge is 0.466 e. The van der Waals surface area contributed by atoms with Gasteiger partial charge in [-0.25, -0.2) is 0 Å². The lowest BCUT2D eigenvalue weighted by molar-refractivity contribution is -0.384. The molecule has 0 aliphatic rings. The van der Waals surface area contributed by atoms with E-state index >= 15 is 0 Å². The predicted octanol–water partition coefficient (Wildman–Crippen LogP) is 2.41. The summed E-state index contributed by atoms with van der Waals surface area (Å²) in [4.78, 5) is 32.8. The molecule has 0 saturated carbocycles. The number of nitro groups is 1. The van der Waals surface area contributed by atoms with Crippen LogP contribution in [-0.4, -0.2) is 30.1 Å². The van der Waals surface area contributed by atoms with Gasteiger partial charge < -0.3 is 9.47 Å². The highest BCUT2D eigenvalue weighted by molar-refractivity contribution is 5.77. The molecule has 0 aliphatic carbocycles. The van der Waals surface area contributed by atoms with E-state index < -0.39 is 16.9 Å². The molecule has 1 aromatic rings. The Balaban J connectivity index is 2.26. The first-order chi connectivity index (χ1) is 10.5. The first-order valence-electron chi connectivity index (χ1n) is 7.07. The minimum absolute atomic E-state index is 0.00231. The van der Waals surface area contributed by atoms with E-state index in [9.17, 15) is 19.7 Å². The van der Waals surface area contributed by atoms with Crippen molar-refractivity contribution >= 4 is 17.6 Å². The molecule has 7 nitrogen and oxygen atoms in total. The Labute approximate surface area is 128 Å². The van der Waals surface area contributed by atoms with Gasteiger partial charge in [0.2, 0.25) is 0 Å². The standard InChI is InChI=1S/C15H19NO6/c1-2-9-21-14(17)6-7-15(18)22-10-8-12-4-3-5-13(11-12)16(19)20/h3-5,11H,2,6-10H2,1H3. The van der Waals surface area contributed by atoms with Crippen LogP contribution >= 0.6 is 0 Å². The maximum Gasteiger partial charge on any atom is 0.306 e. The molecule has 0 aliphatic heterocycles. The molecule has 0 saturated heterocycles. The van der Waals surface area contributed by atoms with Crippen molar-refractivity contribution in [3.05, 3.63) is 39.9 Å². The highest BCUT2D eigenvalue weighted by atomic mass is 16.6. The average molecular weight is 309 g/mol. The number of rotatable bonds is 9. The van der Waals surface area contributed by atoms with E-state index in [1.807, 2.05) is 6.92 Å². The van der Waals surface area contributed by atoms with E-state index in [1.54, 1.807) is 12.1 Å². The quantitative estimate of drug-likeness (QED) is 0.395. The number of esters is 2. The molecule has 0 spiro atoms. The van der Waals surface area contributed by atoms with Crippen molar-refractivity contribution in [3.8, 4) is 0 Å². The predicted molar refractivity (Wildman–Crippen MR) is 78.2 cm³/mol. The fourth-order valence-electron chi connectivity index (χ4n) is 1.67. The van der Waals surface area contributed by atoms with Crippen molar-refractivity contribution in [1.29, 1.82) is 0 Å². The number of ether oxygens (including phenoxy) is 2. The van der Waals surface area contributed by atoms with Crippen LogP contribution in [0.4, 0.5) is 5.69 Å². The van der Waals surface area contributed by atoms with E-state index in [4.69, 9.17) is 9.47 Å². The van der Waals surface area contributed by atoms with Crippen LogP contribution in [0.5, 0.6) is 0 Å². The Morgan fingerprint density at radius 3 is 2.36 bits per heavy atom. The van der Waals surface area contributed by atoms with Gasteiger partial charge in [0.1, 0.15) is 0 Å². The van der Waals surface area contributed by atoms with Gasteiger partial charge in [-0.3, -0.25) is 19.7 Å². The Hall–Kier alpha value is -2.44. The second-order valence-electron chi connectivity index (χ2n) is 4.62. The van der Waals surface area contributed by atoms with Crippen LogP contribution in [0.25, 0.3) is 0 Å². The molecule has 1 aromatic carbocycles. The fourth-order valence-corrected chi connectivity index (χ4v) is 1.67. The lowest BCUT2D eigenvalue weighted by Crippen LogP contribution is -2.12. The second kappa shape index (κ2) is 9.49. The number of benzene rings is 1. The number of non-ortho nitro benzene ring substituents is 1. The smallest absolute Gasteiger partial charge is 0.306 e. The third kappa shape index (κ3) is 6.83. The molecule has 120 valence electrons. The summed E-state index contributed by atoms with van der Waals surface area (Å²) in [7, 11) is 0. The van der Waals surface area contributed by atoms with E-state index in [-0.39, 0.29) is 25.1 Å². The Bertz CT molecular complexity index is 529. The van der Waals surface area contributed by atoms with Gasteiger partial charge in [0.15, 0.2) is 0 Å². The van der Waals surface area contributed by atoms with Crippen LogP contribution < -0.4 is 0 Å². The Morgan fingerprint density at radius 1 is 1.14 bits per heavy atom. The Kier molecular flexibility index (Phi) is 7.60. The van der Waals surface area contributed by atoms with Crippen molar-refractivity contribution in [2.45, 2.75) is 32.6 Å². The summed E-state index contributed by atoms with van der Waals surface area (Å²) in [6.07, 6.45) is 1.08. The van der Waals surface area contributed by atoms with Crippen molar-refractivity contribution in [1.82, 2.24) is 0 Å². The molecule has 0 heterocycles. The summed E-state index contributed by atoms with van der Waals surface area (Å²) >= 11 is 0. The minimum atomic E-state index is -0.487. The van der Waals surface area contributed by atoms with Gasteiger partial charge in [0, 0.05) is 18.6 Å². The Morgan fingerprint density at radius 2 is 1.77 bits per heavy atom. The molecular weight excluding hydrogens is 290 g/mol. The molecule has 0 amide bonds. The zero-order valence-corrected chi connectivity index (χ0v) is 12.4. The third-order valence-electron chi connectivity index (χ3n) is 2.78. The van der Waals surface area contributed by atoms with Crippen molar-refractivity contribution in [2.75, 3.05) is 13.2 Å². The second-order valence-corrected chi connectivity index (χ2v) is 4.62. The molecule has 0 unspecified atom stereocenters.